The first-order chi connectivity index (χ1) is 7.34. The van der Waals surface area contributed by atoms with E-state index >= 15 is 0 Å². The fourth-order valence-electron chi connectivity index (χ4n) is 1.47. The van der Waals surface area contributed by atoms with E-state index in [1.165, 1.54) is 0 Å². The molecule has 5 heteroatoms. The normalized spacial score (nSPS) is 11.0. The maximum atomic E-state index is 5.48. The average Bonchev–Trinajstić information content (AvgIpc) is 2.83. The Morgan fingerprint density at radius 2 is 2.20 bits per heavy atom. The molecule has 5 nitrogen and oxygen atoms in total. The molecule has 3 rings (SSSR count). The molecule has 3 aromatic heterocycles. The molecular weight excluding hydrogens is 192 g/mol. The van der Waals surface area contributed by atoms with Gasteiger partial charge in [0, 0.05) is 12.3 Å². The topological polar surface area (TPSA) is 56.7 Å². The van der Waals surface area contributed by atoms with Gasteiger partial charge in [0.2, 0.25) is 5.88 Å². The van der Waals surface area contributed by atoms with Crippen molar-refractivity contribution in [2.45, 2.75) is 6.92 Å². The molecule has 74 valence electrons. The van der Waals surface area contributed by atoms with Crippen LogP contribution in [-0.4, -0.2) is 20.0 Å². The van der Waals surface area contributed by atoms with E-state index in [9.17, 15) is 0 Å². The maximum Gasteiger partial charge on any atom is 0.221 e. The number of rotatable bonds is 1. The van der Waals surface area contributed by atoms with E-state index in [2.05, 4.69) is 15.3 Å². The molecule has 0 aliphatic rings. The van der Waals surface area contributed by atoms with Crippen molar-refractivity contribution in [2.24, 2.45) is 0 Å². The summed E-state index contributed by atoms with van der Waals surface area (Å²) in [4.78, 5) is 3.98. The molecule has 0 aliphatic heterocycles. The van der Waals surface area contributed by atoms with Gasteiger partial charge in [-0.3, -0.25) is 4.98 Å². The third-order valence-electron chi connectivity index (χ3n) is 2.18. The van der Waals surface area contributed by atoms with Gasteiger partial charge in [-0.25, -0.2) is 0 Å². The smallest absolute Gasteiger partial charge is 0.221 e. The van der Waals surface area contributed by atoms with E-state index in [1.807, 2.05) is 25.1 Å². The van der Waals surface area contributed by atoms with E-state index in [-0.39, 0.29) is 0 Å². The zero-order chi connectivity index (χ0) is 10.3. The predicted octanol–water partition coefficient (Wildman–Crippen LogP) is 1.72. The second-order valence-corrected chi connectivity index (χ2v) is 3.25. The minimum atomic E-state index is 0.668. The minimum absolute atomic E-state index is 0.668. The molecule has 0 spiro atoms. The first kappa shape index (κ1) is 8.16. The highest BCUT2D eigenvalue weighted by molar-refractivity contribution is 5.74. The van der Waals surface area contributed by atoms with Crippen LogP contribution in [-0.2, 0) is 0 Å². The number of pyridine rings is 1. The van der Waals surface area contributed by atoms with E-state index in [1.54, 1.807) is 17.1 Å². The molecule has 0 aromatic carbocycles. The highest BCUT2D eigenvalue weighted by Gasteiger charge is 2.08. The molecule has 3 aromatic rings. The zero-order valence-electron chi connectivity index (χ0n) is 8.08. The van der Waals surface area contributed by atoms with Crippen molar-refractivity contribution < 1.29 is 4.42 Å². The van der Waals surface area contributed by atoms with E-state index in [0.29, 0.717) is 5.88 Å². The minimum Gasteiger partial charge on any atom is -0.444 e. The van der Waals surface area contributed by atoms with Crippen molar-refractivity contribution >= 4 is 11.0 Å². The Hall–Kier alpha value is -2.17. The summed E-state index contributed by atoms with van der Waals surface area (Å²) in [5.41, 5.74) is 1.64. The quantitative estimate of drug-likeness (QED) is 0.600. The molecule has 0 saturated heterocycles. The Balaban J connectivity index is 2.27. The van der Waals surface area contributed by atoms with Gasteiger partial charge < -0.3 is 4.42 Å². The lowest BCUT2D eigenvalue weighted by Crippen LogP contribution is -1.93. The third-order valence-corrected chi connectivity index (χ3v) is 2.18. The number of nitrogens with zero attached hydrogens (tertiary/aromatic N) is 4. The van der Waals surface area contributed by atoms with Crippen molar-refractivity contribution in [2.75, 3.05) is 0 Å². The first-order valence-corrected chi connectivity index (χ1v) is 4.57. The van der Waals surface area contributed by atoms with Crippen LogP contribution in [0.3, 0.4) is 0 Å². The average molecular weight is 200 g/mol. The fraction of sp³-hybridized carbons (Fsp3) is 0.100. The van der Waals surface area contributed by atoms with Crippen molar-refractivity contribution in [3.05, 3.63) is 36.4 Å². The molecule has 0 saturated carbocycles. The monoisotopic (exact) mass is 200 g/mol. The Morgan fingerprint density at radius 1 is 1.27 bits per heavy atom. The number of fused-ring (bicyclic) bond motifs is 1. The lowest BCUT2D eigenvalue weighted by atomic mass is 10.4. The van der Waals surface area contributed by atoms with Crippen molar-refractivity contribution in [3.8, 4) is 5.88 Å². The molecule has 3 heterocycles. The van der Waals surface area contributed by atoms with Crippen molar-refractivity contribution in [3.63, 3.8) is 0 Å². The lowest BCUT2D eigenvalue weighted by Gasteiger charge is -1.95. The second kappa shape index (κ2) is 2.91. The van der Waals surface area contributed by atoms with Gasteiger partial charge in [0.25, 0.3) is 0 Å². The van der Waals surface area contributed by atoms with Gasteiger partial charge in [0.05, 0.1) is 6.20 Å². The summed E-state index contributed by atoms with van der Waals surface area (Å²) < 4.78 is 7.13. The summed E-state index contributed by atoms with van der Waals surface area (Å²) in [6.07, 6.45) is 3.38. The summed E-state index contributed by atoms with van der Waals surface area (Å²) in [6, 6.07) is 5.61. The van der Waals surface area contributed by atoms with Crippen LogP contribution < -0.4 is 0 Å². The summed E-state index contributed by atoms with van der Waals surface area (Å²) in [6.45, 7) is 1.89. The first-order valence-electron chi connectivity index (χ1n) is 4.57. The molecule has 0 radical (unpaired) electrons. The van der Waals surface area contributed by atoms with Gasteiger partial charge in [-0.1, -0.05) is 5.21 Å². The molecular formula is C10H8N4O. The Labute approximate surface area is 85.3 Å². The molecule has 15 heavy (non-hydrogen) atoms. The highest BCUT2D eigenvalue weighted by Crippen LogP contribution is 2.16. The van der Waals surface area contributed by atoms with Gasteiger partial charge in [-0.05, 0) is 19.1 Å². The number of furan rings is 1. The lowest BCUT2D eigenvalue weighted by molar-refractivity contribution is 0.496. The van der Waals surface area contributed by atoms with Crippen LogP contribution in [0.5, 0.6) is 0 Å². The van der Waals surface area contributed by atoms with Crippen LogP contribution in [0.15, 0.2) is 35.0 Å². The molecule has 0 amide bonds. The number of hydrogen-bond donors (Lipinski definition) is 0. The highest BCUT2D eigenvalue weighted by atomic mass is 16.4. The zero-order valence-corrected chi connectivity index (χ0v) is 8.08. The summed E-state index contributed by atoms with van der Waals surface area (Å²) in [7, 11) is 0. The van der Waals surface area contributed by atoms with Crippen LogP contribution in [0.25, 0.3) is 16.9 Å². The largest absolute Gasteiger partial charge is 0.444 e. The number of hydrogen-bond acceptors (Lipinski definition) is 4. The summed E-state index contributed by atoms with van der Waals surface area (Å²) in [5.74, 6) is 1.52. The SMILES string of the molecule is Cc1ccc(-n2nnc3cnccc32)o1. The van der Waals surface area contributed by atoms with Crippen LogP contribution in [0.4, 0.5) is 0 Å². The Kier molecular flexibility index (Phi) is 1.58. The summed E-state index contributed by atoms with van der Waals surface area (Å²) in [5, 5.41) is 8.01. The van der Waals surface area contributed by atoms with Gasteiger partial charge in [0.1, 0.15) is 16.8 Å². The maximum absolute atomic E-state index is 5.48. The van der Waals surface area contributed by atoms with Crippen molar-refractivity contribution in [1.29, 1.82) is 0 Å². The molecule has 0 fully saturated rings. The summed E-state index contributed by atoms with van der Waals surface area (Å²) >= 11 is 0. The van der Waals surface area contributed by atoms with Crippen LogP contribution >= 0.6 is 0 Å². The van der Waals surface area contributed by atoms with E-state index in [0.717, 1.165) is 16.8 Å². The van der Waals surface area contributed by atoms with Gasteiger partial charge >= 0.3 is 0 Å². The Morgan fingerprint density at radius 3 is 3.00 bits per heavy atom. The van der Waals surface area contributed by atoms with Gasteiger partial charge in [-0.15, -0.1) is 5.10 Å². The predicted molar refractivity (Wildman–Crippen MR) is 53.7 cm³/mol. The van der Waals surface area contributed by atoms with E-state index in [4.69, 9.17) is 4.42 Å². The van der Waals surface area contributed by atoms with Crippen LogP contribution in [0.2, 0.25) is 0 Å². The molecule has 0 atom stereocenters. The standard InChI is InChI=1S/C10H8N4O/c1-7-2-3-10(15-7)14-9-4-5-11-6-8(9)12-13-14/h2-6H,1H3. The number of aryl methyl sites for hydroxylation is 1. The van der Waals surface area contributed by atoms with Gasteiger partial charge in [-0.2, -0.15) is 4.68 Å². The van der Waals surface area contributed by atoms with Crippen LogP contribution in [0, 0.1) is 6.92 Å². The molecule has 0 bridgehead atoms. The fourth-order valence-corrected chi connectivity index (χ4v) is 1.47. The Bertz CT molecular complexity index is 610. The van der Waals surface area contributed by atoms with Gasteiger partial charge in [0.15, 0.2) is 0 Å². The second-order valence-electron chi connectivity index (χ2n) is 3.25. The molecule has 0 N–H and O–H groups in total. The number of aromatic nitrogens is 4. The molecule has 0 aliphatic carbocycles. The van der Waals surface area contributed by atoms with Crippen LogP contribution in [0.1, 0.15) is 5.76 Å². The third kappa shape index (κ3) is 1.20. The van der Waals surface area contributed by atoms with E-state index < -0.39 is 0 Å². The molecule has 0 unspecified atom stereocenters. The van der Waals surface area contributed by atoms with Crippen molar-refractivity contribution in [1.82, 2.24) is 20.0 Å².